The maximum absolute atomic E-state index is 13.4. The van der Waals surface area contributed by atoms with Gasteiger partial charge in [-0.25, -0.2) is 19.4 Å². The van der Waals surface area contributed by atoms with Crippen LogP contribution in [-0.4, -0.2) is 52.7 Å². The lowest BCUT2D eigenvalue weighted by Gasteiger charge is -2.34. The summed E-state index contributed by atoms with van der Waals surface area (Å²) in [7, 11) is -4.19. The number of fused-ring (bicyclic) bond motifs is 6. The Hall–Kier alpha value is -3.47. The van der Waals surface area contributed by atoms with Gasteiger partial charge in [-0.05, 0) is 76.3 Å². The summed E-state index contributed by atoms with van der Waals surface area (Å²) in [6, 6.07) is 9.87. The fraction of sp³-hybridized carbons (Fsp3) is 0.417. The Balaban J connectivity index is 1.62. The Bertz CT molecular complexity index is 1380. The number of carbonyl (C=O) groups is 1. The Labute approximate surface area is 204 Å². The second-order valence-corrected chi connectivity index (χ2v) is 11.4. The molecule has 3 aromatic rings. The summed E-state index contributed by atoms with van der Waals surface area (Å²) in [5.74, 6) is 1.14. The van der Waals surface area contributed by atoms with Crippen molar-refractivity contribution < 1.29 is 13.2 Å². The first kappa shape index (κ1) is 23.3. The summed E-state index contributed by atoms with van der Waals surface area (Å²) in [6.45, 7) is 7.56. The van der Waals surface area contributed by atoms with E-state index in [9.17, 15) is 13.2 Å². The molecule has 0 aliphatic carbocycles. The van der Waals surface area contributed by atoms with Crippen LogP contribution in [0.15, 0.2) is 47.6 Å². The van der Waals surface area contributed by atoms with Crippen LogP contribution in [0.3, 0.4) is 0 Å². The first-order chi connectivity index (χ1) is 16.6. The topological polar surface area (TPSA) is 122 Å². The number of pyridine rings is 2. The number of hydrogen-bond acceptors (Lipinski definition) is 8. The molecule has 0 unspecified atom stereocenters. The molecule has 0 radical (unpaired) electrons. The third kappa shape index (κ3) is 4.60. The maximum atomic E-state index is 13.4. The van der Waals surface area contributed by atoms with Crippen molar-refractivity contribution in [3.8, 4) is 5.82 Å². The van der Waals surface area contributed by atoms with Crippen LogP contribution in [0.1, 0.15) is 49.2 Å². The fourth-order valence-electron chi connectivity index (χ4n) is 4.94. The molecule has 0 saturated carbocycles. The third-order valence-corrected chi connectivity index (χ3v) is 7.83. The summed E-state index contributed by atoms with van der Waals surface area (Å²) in [6.07, 6.45) is 4.65. The highest BCUT2D eigenvalue weighted by molar-refractivity contribution is 7.90. The first-order valence-electron chi connectivity index (χ1n) is 11.7. The van der Waals surface area contributed by atoms with E-state index in [1.165, 1.54) is 6.07 Å². The first-order valence-corrected chi connectivity index (χ1v) is 13.2. The van der Waals surface area contributed by atoms with Crippen molar-refractivity contribution in [1.82, 2.24) is 24.5 Å². The van der Waals surface area contributed by atoms with Crippen molar-refractivity contribution in [3.63, 3.8) is 0 Å². The minimum atomic E-state index is -4.19. The molecule has 2 aliphatic heterocycles. The van der Waals surface area contributed by atoms with Gasteiger partial charge in [-0.1, -0.05) is 6.07 Å². The maximum Gasteiger partial charge on any atom is 0.281 e. The largest absolute Gasteiger partial charge is 0.370 e. The molecule has 10 nitrogen and oxygen atoms in total. The van der Waals surface area contributed by atoms with E-state index in [2.05, 4.69) is 38.9 Å². The van der Waals surface area contributed by atoms with E-state index in [1.54, 1.807) is 28.9 Å². The number of aryl methyl sites for hydroxylation is 1. The van der Waals surface area contributed by atoms with Crippen molar-refractivity contribution >= 4 is 27.6 Å². The van der Waals surface area contributed by atoms with Crippen molar-refractivity contribution in [1.29, 1.82) is 0 Å². The SMILES string of the molecule is Cc1ccn(-c2ccc3c(n2)N2C[C@@H](CCCNc4cccc(n4)S(=O)(=O)NC3=O)CC2(C)C)n1. The van der Waals surface area contributed by atoms with Gasteiger partial charge in [-0.15, -0.1) is 0 Å². The van der Waals surface area contributed by atoms with Crippen LogP contribution in [0.25, 0.3) is 5.82 Å². The minimum absolute atomic E-state index is 0.194. The second-order valence-electron chi connectivity index (χ2n) is 9.80. The zero-order valence-electron chi connectivity index (χ0n) is 20.0. The third-order valence-electron chi connectivity index (χ3n) is 6.60. The summed E-state index contributed by atoms with van der Waals surface area (Å²) in [5, 5.41) is 7.43. The average molecular weight is 496 g/mol. The number of aromatic nitrogens is 4. The van der Waals surface area contributed by atoms with E-state index in [-0.39, 0.29) is 16.1 Å². The molecule has 0 aromatic carbocycles. The van der Waals surface area contributed by atoms with E-state index >= 15 is 0 Å². The normalized spacial score (nSPS) is 21.3. The van der Waals surface area contributed by atoms with Crippen LogP contribution in [-0.2, 0) is 10.0 Å². The molecule has 0 spiro atoms. The zero-order valence-corrected chi connectivity index (χ0v) is 20.8. The van der Waals surface area contributed by atoms with Crippen LogP contribution in [0.5, 0.6) is 0 Å². The summed E-state index contributed by atoms with van der Waals surface area (Å²) >= 11 is 0. The van der Waals surface area contributed by atoms with Gasteiger partial charge < -0.3 is 10.2 Å². The molecule has 1 fully saturated rings. The fourth-order valence-corrected chi connectivity index (χ4v) is 5.88. The Kier molecular flexibility index (Phi) is 5.74. The lowest BCUT2D eigenvalue weighted by atomic mass is 9.93. The number of hydrogen-bond donors (Lipinski definition) is 2. The van der Waals surface area contributed by atoms with Gasteiger partial charge in [0.05, 0.1) is 11.3 Å². The van der Waals surface area contributed by atoms with Gasteiger partial charge in [-0.3, -0.25) is 4.79 Å². The highest BCUT2D eigenvalue weighted by Crippen LogP contribution is 2.39. The van der Waals surface area contributed by atoms with Gasteiger partial charge in [0.25, 0.3) is 15.9 Å². The number of carbonyl (C=O) groups excluding carboxylic acids is 1. The van der Waals surface area contributed by atoms with E-state index in [4.69, 9.17) is 4.98 Å². The van der Waals surface area contributed by atoms with E-state index in [1.807, 2.05) is 19.2 Å². The van der Waals surface area contributed by atoms with Crippen LogP contribution in [0, 0.1) is 12.8 Å². The van der Waals surface area contributed by atoms with Crippen molar-refractivity contribution in [2.75, 3.05) is 23.3 Å². The predicted molar refractivity (Wildman–Crippen MR) is 132 cm³/mol. The molecule has 5 heterocycles. The quantitative estimate of drug-likeness (QED) is 0.528. The van der Waals surface area contributed by atoms with Gasteiger partial charge in [0.2, 0.25) is 0 Å². The Morgan fingerprint density at radius 1 is 1.11 bits per heavy atom. The molecule has 3 aromatic heterocycles. The molecule has 184 valence electrons. The van der Waals surface area contributed by atoms with Gasteiger partial charge in [0.15, 0.2) is 10.8 Å². The van der Waals surface area contributed by atoms with E-state index in [0.717, 1.165) is 31.5 Å². The summed E-state index contributed by atoms with van der Waals surface area (Å²) in [5.41, 5.74) is 0.774. The van der Waals surface area contributed by atoms with E-state index in [0.29, 0.717) is 29.9 Å². The van der Waals surface area contributed by atoms with Gasteiger partial charge in [0, 0.05) is 24.8 Å². The summed E-state index contributed by atoms with van der Waals surface area (Å²) in [4.78, 5) is 24.5. The van der Waals surface area contributed by atoms with Gasteiger partial charge in [-0.2, -0.15) is 13.5 Å². The smallest absolute Gasteiger partial charge is 0.281 e. The molecule has 1 atom stereocenters. The van der Waals surface area contributed by atoms with Gasteiger partial charge in [0.1, 0.15) is 11.6 Å². The van der Waals surface area contributed by atoms with Gasteiger partial charge >= 0.3 is 0 Å². The monoisotopic (exact) mass is 495 g/mol. The number of sulfonamides is 1. The van der Waals surface area contributed by atoms with Crippen LogP contribution < -0.4 is 14.9 Å². The molecule has 5 rings (SSSR count). The average Bonchev–Trinajstić information content (AvgIpc) is 3.37. The highest BCUT2D eigenvalue weighted by atomic mass is 32.2. The number of amides is 1. The Morgan fingerprint density at radius 2 is 1.94 bits per heavy atom. The summed E-state index contributed by atoms with van der Waals surface area (Å²) < 4.78 is 29.9. The molecule has 35 heavy (non-hydrogen) atoms. The van der Waals surface area contributed by atoms with Crippen molar-refractivity contribution in [2.24, 2.45) is 5.92 Å². The number of rotatable bonds is 1. The van der Waals surface area contributed by atoms with Crippen LogP contribution >= 0.6 is 0 Å². The number of anilines is 2. The van der Waals surface area contributed by atoms with Crippen molar-refractivity contribution in [2.45, 2.75) is 50.6 Å². The molecule has 11 heteroatoms. The molecule has 1 saturated heterocycles. The van der Waals surface area contributed by atoms with Crippen molar-refractivity contribution in [3.05, 3.63) is 53.9 Å². The molecule has 1 amide bonds. The second kappa shape index (κ2) is 8.63. The standard InChI is InChI=1S/C24H29N7O3S/c1-16-11-13-31(28-16)20-10-9-18-22(27-20)30-15-17(14-24(30,2)3)6-5-12-25-19-7-4-8-21(26-19)35(33,34)29-23(18)32/h4,7-11,13,17H,5-6,12,14-15H2,1-3H3,(H,25,26)(H,29,32)/t17-/m0/s1. The van der Waals surface area contributed by atoms with Crippen LogP contribution in [0.4, 0.5) is 11.6 Å². The molecular weight excluding hydrogens is 466 g/mol. The zero-order chi connectivity index (χ0) is 24.8. The highest BCUT2D eigenvalue weighted by Gasteiger charge is 2.41. The molecule has 4 bridgehead atoms. The molecular formula is C24H29N7O3S. The predicted octanol–water partition coefficient (Wildman–Crippen LogP) is 2.90. The number of nitrogens with one attached hydrogen (secondary N) is 2. The molecule has 2 N–H and O–H groups in total. The minimum Gasteiger partial charge on any atom is -0.370 e. The lowest BCUT2D eigenvalue weighted by molar-refractivity contribution is 0.0981. The van der Waals surface area contributed by atoms with E-state index < -0.39 is 15.9 Å². The van der Waals surface area contributed by atoms with Crippen LogP contribution in [0.2, 0.25) is 0 Å². The lowest BCUT2D eigenvalue weighted by Crippen LogP contribution is -2.41. The number of nitrogens with zero attached hydrogens (tertiary/aromatic N) is 5. The molecule has 2 aliphatic rings. The Morgan fingerprint density at radius 3 is 2.71 bits per heavy atom.